The third kappa shape index (κ3) is 3.88. The minimum absolute atomic E-state index is 0.371. The predicted octanol–water partition coefficient (Wildman–Crippen LogP) is 2.71. The first-order valence-electron chi connectivity index (χ1n) is 6.76. The van der Waals surface area contributed by atoms with Crippen LogP contribution in [-0.2, 0) is 0 Å². The number of rotatable bonds is 6. The normalized spacial score (nSPS) is 11.3. The van der Waals surface area contributed by atoms with Gasteiger partial charge in [-0.2, -0.15) is 0 Å². The highest BCUT2D eigenvalue weighted by Crippen LogP contribution is 2.25. The average Bonchev–Trinajstić information content (AvgIpc) is 2.30. The van der Waals surface area contributed by atoms with Gasteiger partial charge in [0.15, 0.2) is 0 Å². The van der Waals surface area contributed by atoms with Gasteiger partial charge in [-0.1, -0.05) is 33.8 Å². The SMILES string of the molecule is CC(C)C(CNc1cccc(C(N)=O)c1N)C(C)C. The summed E-state index contributed by atoms with van der Waals surface area (Å²) in [7, 11) is 0. The van der Waals surface area contributed by atoms with Gasteiger partial charge in [0.25, 0.3) is 5.91 Å². The van der Waals surface area contributed by atoms with Crippen LogP contribution >= 0.6 is 0 Å². The molecule has 4 nitrogen and oxygen atoms in total. The Balaban J connectivity index is 2.83. The summed E-state index contributed by atoms with van der Waals surface area (Å²) in [5.74, 6) is 1.24. The second kappa shape index (κ2) is 6.45. The first kappa shape index (κ1) is 15.3. The maximum Gasteiger partial charge on any atom is 0.250 e. The third-order valence-electron chi connectivity index (χ3n) is 3.61. The molecule has 0 aliphatic rings. The lowest BCUT2D eigenvalue weighted by molar-refractivity contribution is 0.100. The fourth-order valence-corrected chi connectivity index (χ4v) is 2.40. The van der Waals surface area contributed by atoms with Gasteiger partial charge in [-0.05, 0) is 29.9 Å². The quantitative estimate of drug-likeness (QED) is 0.690. The lowest BCUT2D eigenvalue weighted by Crippen LogP contribution is -2.25. The van der Waals surface area contributed by atoms with Gasteiger partial charge in [-0.15, -0.1) is 0 Å². The number of carbonyl (C=O) groups excluding carboxylic acids is 1. The summed E-state index contributed by atoms with van der Waals surface area (Å²) in [5.41, 5.74) is 12.8. The molecule has 0 heterocycles. The van der Waals surface area contributed by atoms with E-state index in [-0.39, 0.29) is 0 Å². The van der Waals surface area contributed by atoms with Crippen LogP contribution in [0.2, 0.25) is 0 Å². The molecular weight excluding hydrogens is 238 g/mol. The van der Waals surface area contributed by atoms with Crippen molar-refractivity contribution in [2.75, 3.05) is 17.6 Å². The van der Waals surface area contributed by atoms with Crippen LogP contribution in [-0.4, -0.2) is 12.5 Å². The zero-order chi connectivity index (χ0) is 14.6. The van der Waals surface area contributed by atoms with E-state index in [0.29, 0.717) is 29.0 Å². The smallest absolute Gasteiger partial charge is 0.250 e. The van der Waals surface area contributed by atoms with Crippen molar-refractivity contribution in [3.63, 3.8) is 0 Å². The summed E-state index contributed by atoms with van der Waals surface area (Å²) in [5, 5.41) is 3.34. The summed E-state index contributed by atoms with van der Waals surface area (Å²) < 4.78 is 0. The molecule has 0 saturated carbocycles. The van der Waals surface area contributed by atoms with Crippen molar-refractivity contribution in [2.45, 2.75) is 27.7 Å². The molecule has 5 N–H and O–H groups in total. The molecule has 0 bridgehead atoms. The Labute approximate surface area is 115 Å². The number of nitrogen functional groups attached to an aromatic ring is 1. The molecule has 4 heteroatoms. The highest BCUT2D eigenvalue weighted by molar-refractivity contribution is 6.00. The van der Waals surface area contributed by atoms with E-state index in [9.17, 15) is 4.79 Å². The minimum atomic E-state index is -0.495. The fraction of sp³-hybridized carbons (Fsp3) is 0.533. The molecule has 1 rings (SSSR count). The Morgan fingerprint density at radius 2 is 1.79 bits per heavy atom. The first-order chi connectivity index (χ1) is 8.84. The maximum absolute atomic E-state index is 11.2. The highest BCUT2D eigenvalue weighted by atomic mass is 16.1. The second-order valence-electron chi connectivity index (χ2n) is 5.66. The molecule has 0 aromatic heterocycles. The van der Waals surface area contributed by atoms with Crippen molar-refractivity contribution in [1.29, 1.82) is 0 Å². The predicted molar refractivity (Wildman–Crippen MR) is 81.0 cm³/mol. The van der Waals surface area contributed by atoms with Gasteiger partial charge in [0.05, 0.1) is 16.9 Å². The Morgan fingerprint density at radius 1 is 1.21 bits per heavy atom. The van der Waals surface area contributed by atoms with E-state index < -0.39 is 5.91 Å². The Hall–Kier alpha value is -1.71. The monoisotopic (exact) mass is 263 g/mol. The third-order valence-corrected chi connectivity index (χ3v) is 3.61. The number of amides is 1. The van der Waals surface area contributed by atoms with Crippen molar-refractivity contribution in [2.24, 2.45) is 23.5 Å². The van der Waals surface area contributed by atoms with Crippen LogP contribution in [0.4, 0.5) is 11.4 Å². The molecular formula is C15H25N3O. The van der Waals surface area contributed by atoms with E-state index >= 15 is 0 Å². The van der Waals surface area contributed by atoms with E-state index in [4.69, 9.17) is 11.5 Å². The zero-order valence-electron chi connectivity index (χ0n) is 12.2. The van der Waals surface area contributed by atoms with Gasteiger partial charge in [-0.25, -0.2) is 0 Å². The lowest BCUT2D eigenvalue weighted by atomic mass is 9.85. The Bertz CT molecular complexity index is 433. The number of hydrogen-bond acceptors (Lipinski definition) is 3. The molecule has 0 atom stereocenters. The summed E-state index contributed by atoms with van der Waals surface area (Å²) in [6, 6.07) is 5.31. The molecule has 0 aliphatic carbocycles. The topological polar surface area (TPSA) is 81.1 Å². The van der Waals surface area contributed by atoms with Gasteiger partial charge in [0.2, 0.25) is 0 Å². The molecule has 1 aromatic carbocycles. The fourth-order valence-electron chi connectivity index (χ4n) is 2.40. The standard InChI is InChI=1S/C15H25N3O/c1-9(2)12(10(3)4)8-18-13-7-5-6-11(14(13)16)15(17)19/h5-7,9-10,12,18H,8,16H2,1-4H3,(H2,17,19). The van der Waals surface area contributed by atoms with Crippen LogP contribution in [0.25, 0.3) is 0 Å². The summed E-state index contributed by atoms with van der Waals surface area (Å²) in [6.45, 7) is 9.71. The van der Waals surface area contributed by atoms with E-state index in [0.717, 1.165) is 12.2 Å². The number of carbonyl (C=O) groups is 1. The van der Waals surface area contributed by atoms with E-state index in [1.54, 1.807) is 12.1 Å². The number of primary amides is 1. The number of anilines is 2. The lowest BCUT2D eigenvalue weighted by Gasteiger charge is -2.26. The molecule has 0 saturated heterocycles. The molecule has 0 aliphatic heterocycles. The van der Waals surface area contributed by atoms with Crippen LogP contribution in [0.15, 0.2) is 18.2 Å². The van der Waals surface area contributed by atoms with Gasteiger partial charge in [0, 0.05) is 6.54 Å². The van der Waals surface area contributed by atoms with Crippen molar-refractivity contribution in [1.82, 2.24) is 0 Å². The average molecular weight is 263 g/mol. The largest absolute Gasteiger partial charge is 0.396 e. The summed E-state index contributed by atoms with van der Waals surface area (Å²) in [6.07, 6.45) is 0. The van der Waals surface area contributed by atoms with Gasteiger partial charge in [-0.3, -0.25) is 4.79 Å². The van der Waals surface area contributed by atoms with Gasteiger partial charge < -0.3 is 16.8 Å². The Morgan fingerprint density at radius 3 is 2.26 bits per heavy atom. The molecule has 0 spiro atoms. The zero-order valence-corrected chi connectivity index (χ0v) is 12.2. The number of nitrogens with two attached hydrogens (primary N) is 2. The van der Waals surface area contributed by atoms with Crippen molar-refractivity contribution in [3.05, 3.63) is 23.8 Å². The van der Waals surface area contributed by atoms with Crippen LogP contribution in [0.1, 0.15) is 38.1 Å². The molecule has 19 heavy (non-hydrogen) atoms. The van der Waals surface area contributed by atoms with Gasteiger partial charge >= 0.3 is 0 Å². The summed E-state index contributed by atoms with van der Waals surface area (Å²) >= 11 is 0. The number of benzene rings is 1. The molecule has 0 unspecified atom stereocenters. The van der Waals surface area contributed by atoms with Crippen LogP contribution in [0.3, 0.4) is 0 Å². The van der Waals surface area contributed by atoms with E-state index in [1.165, 1.54) is 0 Å². The molecule has 1 amide bonds. The van der Waals surface area contributed by atoms with Crippen LogP contribution < -0.4 is 16.8 Å². The molecule has 0 fully saturated rings. The van der Waals surface area contributed by atoms with Crippen molar-refractivity contribution < 1.29 is 4.79 Å². The number of hydrogen-bond donors (Lipinski definition) is 3. The van der Waals surface area contributed by atoms with E-state index in [2.05, 4.69) is 33.0 Å². The van der Waals surface area contributed by atoms with Crippen LogP contribution in [0, 0.1) is 17.8 Å². The van der Waals surface area contributed by atoms with Crippen molar-refractivity contribution >= 4 is 17.3 Å². The maximum atomic E-state index is 11.2. The van der Waals surface area contributed by atoms with Crippen LogP contribution in [0.5, 0.6) is 0 Å². The van der Waals surface area contributed by atoms with Gasteiger partial charge in [0.1, 0.15) is 0 Å². The molecule has 0 radical (unpaired) electrons. The van der Waals surface area contributed by atoms with Crippen molar-refractivity contribution in [3.8, 4) is 0 Å². The minimum Gasteiger partial charge on any atom is -0.396 e. The summed E-state index contributed by atoms with van der Waals surface area (Å²) in [4.78, 5) is 11.2. The first-order valence-corrected chi connectivity index (χ1v) is 6.76. The molecule has 106 valence electrons. The highest BCUT2D eigenvalue weighted by Gasteiger charge is 2.18. The number of para-hydroxylation sites is 1. The molecule has 1 aromatic rings. The Kier molecular flexibility index (Phi) is 5.21. The van der Waals surface area contributed by atoms with E-state index in [1.807, 2.05) is 6.07 Å². The second-order valence-corrected chi connectivity index (χ2v) is 5.66. The number of nitrogens with one attached hydrogen (secondary N) is 1.